The molecule has 0 bridgehead atoms. The molecule has 1 saturated heterocycles. The van der Waals surface area contributed by atoms with Crippen LogP contribution in [0.4, 0.5) is 13.2 Å². The number of rotatable bonds is 2. The lowest BCUT2D eigenvalue weighted by atomic mass is 9.75. The summed E-state index contributed by atoms with van der Waals surface area (Å²) in [6.07, 6.45) is -4.43. The largest absolute Gasteiger partial charge is 0.494 e. The molecule has 3 rings (SSSR count). The Morgan fingerprint density at radius 3 is 2.00 bits per heavy atom. The van der Waals surface area contributed by atoms with Gasteiger partial charge in [-0.05, 0) is 45.4 Å². The van der Waals surface area contributed by atoms with Crippen LogP contribution in [0.5, 0.6) is 0 Å². The number of hydrogen-bond donors (Lipinski definition) is 0. The fourth-order valence-electron chi connectivity index (χ4n) is 2.72. The maximum atomic E-state index is 12.7. The highest BCUT2D eigenvalue weighted by Crippen LogP contribution is 2.41. The van der Waals surface area contributed by atoms with Crippen molar-refractivity contribution in [2.45, 2.75) is 45.1 Å². The minimum Gasteiger partial charge on any atom is -0.458 e. The molecule has 134 valence electrons. The van der Waals surface area contributed by atoms with Crippen molar-refractivity contribution in [2.24, 2.45) is 0 Å². The zero-order valence-electron chi connectivity index (χ0n) is 14.4. The van der Waals surface area contributed by atoms with Gasteiger partial charge in [-0.1, -0.05) is 12.1 Å². The third kappa shape index (κ3) is 3.09. The van der Waals surface area contributed by atoms with Crippen LogP contribution >= 0.6 is 0 Å². The Bertz CT molecular complexity index is 719. The van der Waals surface area contributed by atoms with Crippen molar-refractivity contribution < 1.29 is 32.0 Å². The number of hydrogen-bond acceptors (Lipinski definition) is 4. The number of cyclic esters (lactones) is 1. The van der Waals surface area contributed by atoms with Crippen molar-refractivity contribution in [2.75, 3.05) is 6.61 Å². The van der Waals surface area contributed by atoms with E-state index in [1.807, 2.05) is 27.7 Å². The molecule has 0 aliphatic carbocycles. The molecule has 0 radical (unpaired) electrons. The summed E-state index contributed by atoms with van der Waals surface area (Å²) in [4.78, 5) is 12.1. The second-order valence-electron chi connectivity index (χ2n) is 7.14. The highest BCUT2D eigenvalue weighted by atomic mass is 19.4. The normalized spacial score (nSPS) is 22.5. The van der Waals surface area contributed by atoms with Crippen LogP contribution in [-0.4, -0.2) is 30.9 Å². The fourth-order valence-corrected chi connectivity index (χ4v) is 2.72. The van der Waals surface area contributed by atoms with E-state index in [9.17, 15) is 18.0 Å². The Morgan fingerprint density at radius 1 is 1.00 bits per heavy atom. The van der Waals surface area contributed by atoms with E-state index in [4.69, 9.17) is 14.0 Å². The van der Waals surface area contributed by atoms with Crippen LogP contribution in [0, 0.1) is 0 Å². The van der Waals surface area contributed by atoms with Crippen LogP contribution in [0.1, 0.15) is 38.8 Å². The van der Waals surface area contributed by atoms with Crippen LogP contribution in [0.3, 0.4) is 0 Å². The minimum atomic E-state index is -4.43. The van der Waals surface area contributed by atoms with E-state index < -0.39 is 36.0 Å². The quantitative estimate of drug-likeness (QED) is 0.601. The van der Waals surface area contributed by atoms with E-state index in [1.54, 1.807) is 0 Å². The Labute approximate surface area is 144 Å². The summed E-state index contributed by atoms with van der Waals surface area (Å²) in [5.41, 5.74) is -0.931. The van der Waals surface area contributed by atoms with E-state index in [1.165, 1.54) is 12.1 Å². The molecular formula is C17H18BF3O4. The number of benzene rings is 1. The van der Waals surface area contributed by atoms with Gasteiger partial charge in [-0.2, -0.15) is 13.2 Å². The fraction of sp³-hybridized carbons (Fsp3) is 0.471. The molecular weight excluding hydrogens is 336 g/mol. The number of carbonyl (C=O) groups is 1. The summed E-state index contributed by atoms with van der Waals surface area (Å²) in [5, 5.41) is 0. The summed E-state index contributed by atoms with van der Waals surface area (Å²) in [6.45, 7) is 7.50. The lowest BCUT2D eigenvalue weighted by Gasteiger charge is -2.32. The van der Waals surface area contributed by atoms with E-state index in [2.05, 4.69) is 0 Å². The second kappa shape index (κ2) is 5.61. The van der Waals surface area contributed by atoms with Crippen molar-refractivity contribution >= 4 is 18.7 Å². The first kappa shape index (κ1) is 18.0. The number of alkyl halides is 3. The van der Waals surface area contributed by atoms with Crippen LogP contribution in [0.15, 0.2) is 29.7 Å². The molecule has 1 fully saturated rings. The van der Waals surface area contributed by atoms with Crippen LogP contribution in [-0.2, 0) is 25.0 Å². The Morgan fingerprint density at radius 2 is 1.52 bits per heavy atom. The maximum absolute atomic E-state index is 12.7. The Hall–Kier alpha value is -1.80. The summed E-state index contributed by atoms with van der Waals surface area (Å²) < 4.78 is 55.1. The molecule has 0 N–H and O–H groups in total. The first-order chi connectivity index (χ1) is 11.4. The summed E-state index contributed by atoms with van der Waals surface area (Å²) in [6, 6.07) is 4.40. The number of ether oxygens (including phenoxy) is 1. The highest BCUT2D eigenvalue weighted by Gasteiger charge is 2.54. The van der Waals surface area contributed by atoms with Crippen LogP contribution in [0.2, 0.25) is 0 Å². The van der Waals surface area contributed by atoms with Gasteiger partial charge in [0, 0.05) is 5.47 Å². The van der Waals surface area contributed by atoms with E-state index in [-0.39, 0.29) is 12.2 Å². The molecule has 1 aromatic rings. The van der Waals surface area contributed by atoms with E-state index >= 15 is 0 Å². The highest BCUT2D eigenvalue weighted by molar-refractivity contribution is 6.59. The summed E-state index contributed by atoms with van der Waals surface area (Å²) in [7, 11) is -0.784. The zero-order chi connectivity index (χ0) is 18.6. The van der Waals surface area contributed by atoms with Gasteiger partial charge in [0.05, 0.1) is 22.3 Å². The average Bonchev–Trinajstić information content (AvgIpc) is 2.96. The van der Waals surface area contributed by atoms with E-state index in [0.29, 0.717) is 11.0 Å². The predicted octanol–water partition coefficient (Wildman–Crippen LogP) is 3.65. The van der Waals surface area contributed by atoms with Crippen LogP contribution < -0.4 is 0 Å². The molecule has 2 heterocycles. The second-order valence-corrected chi connectivity index (χ2v) is 7.14. The molecule has 2 aliphatic rings. The smallest absolute Gasteiger partial charge is 0.458 e. The topological polar surface area (TPSA) is 44.8 Å². The summed E-state index contributed by atoms with van der Waals surface area (Å²) in [5.74, 6) is -0.593. The van der Waals surface area contributed by atoms with Crippen molar-refractivity contribution in [1.82, 2.24) is 0 Å². The molecule has 0 spiro atoms. The van der Waals surface area contributed by atoms with E-state index in [0.717, 1.165) is 12.1 Å². The Balaban J connectivity index is 1.98. The van der Waals surface area contributed by atoms with Gasteiger partial charge in [-0.3, -0.25) is 0 Å². The molecule has 4 nitrogen and oxygen atoms in total. The van der Waals surface area contributed by atoms with Gasteiger partial charge in [0.1, 0.15) is 6.61 Å². The molecule has 0 atom stereocenters. The van der Waals surface area contributed by atoms with Gasteiger partial charge >= 0.3 is 19.3 Å². The zero-order valence-corrected chi connectivity index (χ0v) is 14.4. The molecule has 25 heavy (non-hydrogen) atoms. The lowest BCUT2D eigenvalue weighted by molar-refractivity contribution is -0.137. The maximum Gasteiger partial charge on any atom is 0.494 e. The van der Waals surface area contributed by atoms with Gasteiger partial charge in [0.15, 0.2) is 0 Å². The van der Waals surface area contributed by atoms with Gasteiger partial charge in [-0.25, -0.2) is 4.79 Å². The molecule has 8 heteroatoms. The van der Waals surface area contributed by atoms with Gasteiger partial charge in [0.2, 0.25) is 0 Å². The first-order valence-corrected chi connectivity index (χ1v) is 7.86. The predicted molar refractivity (Wildman–Crippen MR) is 85.4 cm³/mol. The monoisotopic (exact) mass is 354 g/mol. The van der Waals surface area contributed by atoms with Crippen molar-refractivity contribution in [3.05, 3.63) is 40.9 Å². The molecule has 0 aromatic heterocycles. The number of halogens is 3. The lowest BCUT2D eigenvalue weighted by Crippen LogP contribution is -2.41. The standard InChI is InChI=1S/C17H18BF3O4/c1-15(2)16(3,4)25-18(24-15)12-9-23-14(22)13(12)10-5-7-11(8-6-10)17(19,20)21/h5-8H,9H2,1-4H3. The first-order valence-electron chi connectivity index (χ1n) is 7.86. The summed E-state index contributed by atoms with van der Waals surface area (Å²) >= 11 is 0. The average molecular weight is 354 g/mol. The van der Waals surface area contributed by atoms with Gasteiger partial charge in [-0.15, -0.1) is 0 Å². The SMILES string of the molecule is CC1(C)OB(C2=C(c3ccc(C(F)(F)F)cc3)C(=O)OC2)OC1(C)C. The molecule has 0 unspecified atom stereocenters. The third-order valence-corrected chi connectivity index (χ3v) is 4.92. The number of esters is 1. The number of carbonyl (C=O) groups excluding carboxylic acids is 1. The van der Waals surface area contributed by atoms with Gasteiger partial charge in [0.25, 0.3) is 0 Å². The van der Waals surface area contributed by atoms with Crippen molar-refractivity contribution in [1.29, 1.82) is 0 Å². The van der Waals surface area contributed by atoms with Crippen molar-refractivity contribution in [3.8, 4) is 0 Å². The molecule has 2 aliphatic heterocycles. The Kier molecular flexibility index (Phi) is 4.04. The molecule has 0 amide bonds. The van der Waals surface area contributed by atoms with Gasteiger partial charge < -0.3 is 14.0 Å². The minimum absolute atomic E-state index is 0.00792. The third-order valence-electron chi connectivity index (χ3n) is 4.92. The van der Waals surface area contributed by atoms with Crippen molar-refractivity contribution in [3.63, 3.8) is 0 Å². The molecule has 0 saturated carbocycles. The molecule has 1 aromatic carbocycles. The van der Waals surface area contributed by atoms with Crippen LogP contribution in [0.25, 0.3) is 5.57 Å².